The molecule has 1 saturated heterocycles. The zero-order chi connectivity index (χ0) is 6.69. The number of aliphatic hydroxyl groups excluding tert-OH is 1. The summed E-state index contributed by atoms with van der Waals surface area (Å²) in [6.45, 7) is 3.55. The van der Waals surface area contributed by atoms with Crippen molar-refractivity contribution in [2.75, 3.05) is 13.2 Å². The molecule has 0 amide bonds. The summed E-state index contributed by atoms with van der Waals surface area (Å²) in [5.41, 5.74) is 0. The Morgan fingerprint density at radius 3 is 2.78 bits per heavy atom. The average molecular weight is 129 g/mol. The zero-order valence-electron chi connectivity index (χ0n) is 5.93. The van der Waals surface area contributed by atoms with Crippen molar-refractivity contribution in [3.8, 4) is 0 Å². The van der Waals surface area contributed by atoms with Crippen molar-refractivity contribution in [1.82, 2.24) is 5.32 Å². The molecule has 2 nitrogen and oxygen atoms in total. The normalized spacial score (nSPS) is 34.0. The lowest BCUT2D eigenvalue weighted by molar-refractivity contribution is 0.122. The molecule has 0 aliphatic carbocycles. The Kier molecular flexibility index (Phi) is 2.49. The molecule has 0 aromatic carbocycles. The van der Waals surface area contributed by atoms with E-state index in [9.17, 15) is 0 Å². The summed E-state index contributed by atoms with van der Waals surface area (Å²) in [6.07, 6.45) is 2.43. The van der Waals surface area contributed by atoms with E-state index in [2.05, 4.69) is 12.2 Å². The van der Waals surface area contributed by atoms with Gasteiger partial charge in [-0.05, 0) is 6.42 Å². The van der Waals surface area contributed by atoms with Crippen molar-refractivity contribution in [2.24, 2.45) is 5.92 Å². The maximum Gasteiger partial charge on any atom is 0.0486 e. The zero-order valence-corrected chi connectivity index (χ0v) is 5.93. The third kappa shape index (κ3) is 1.43. The summed E-state index contributed by atoms with van der Waals surface area (Å²) in [4.78, 5) is 0. The van der Waals surface area contributed by atoms with E-state index >= 15 is 0 Å². The predicted octanol–water partition coefficient (Wildman–Crippen LogP) is 0.367. The van der Waals surface area contributed by atoms with Crippen LogP contribution in [0.5, 0.6) is 0 Å². The molecule has 2 unspecified atom stereocenters. The lowest BCUT2D eigenvalue weighted by Gasteiger charge is -2.36. The maximum absolute atomic E-state index is 8.74. The van der Waals surface area contributed by atoms with E-state index in [-0.39, 0.29) is 0 Å². The molecule has 0 radical (unpaired) electrons. The van der Waals surface area contributed by atoms with Crippen molar-refractivity contribution in [1.29, 1.82) is 0 Å². The third-order valence-corrected chi connectivity index (χ3v) is 2.05. The summed E-state index contributed by atoms with van der Waals surface area (Å²) in [6, 6.07) is 0.611. The molecule has 0 aromatic rings. The number of aliphatic hydroxyl groups is 1. The van der Waals surface area contributed by atoms with E-state index < -0.39 is 0 Å². The summed E-state index contributed by atoms with van der Waals surface area (Å²) >= 11 is 0. The van der Waals surface area contributed by atoms with Gasteiger partial charge in [0.1, 0.15) is 0 Å². The van der Waals surface area contributed by atoms with Crippen molar-refractivity contribution in [3.63, 3.8) is 0 Å². The number of rotatable bonds is 3. The minimum absolute atomic E-state index is 0.359. The second-order valence-electron chi connectivity index (χ2n) is 2.75. The van der Waals surface area contributed by atoms with Crippen LogP contribution in [0.15, 0.2) is 0 Å². The molecule has 0 spiro atoms. The molecule has 1 aliphatic heterocycles. The molecule has 1 rings (SSSR count). The first-order valence-corrected chi connectivity index (χ1v) is 3.72. The monoisotopic (exact) mass is 129 g/mol. The van der Waals surface area contributed by atoms with Gasteiger partial charge in [0.2, 0.25) is 0 Å². The van der Waals surface area contributed by atoms with Gasteiger partial charge in [0.15, 0.2) is 0 Å². The lowest BCUT2D eigenvalue weighted by Crippen LogP contribution is -2.54. The summed E-state index contributed by atoms with van der Waals surface area (Å²) < 4.78 is 0. The third-order valence-electron chi connectivity index (χ3n) is 2.05. The number of hydrogen-bond donors (Lipinski definition) is 2. The fourth-order valence-electron chi connectivity index (χ4n) is 1.29. The molecular weight excluding hydrogens is 114 g/mol. The van der Waals surface area contributed by atoms with Gasteiger partial charge in [-0.25, -0.2) is 0 Å². The highest BCUT2D eigenvalue weighted by Gasteiger charge is 2.27. The minimum atomic E-state index is 0.359. The Morgan fingerprint density at radius 1 is 1.67 bits per heavy atom. The van der Waals surface area contributed by atoms with Gasteiger partial charge >= 0.3 is 0 Å². The van der Waals surface area contributed by atoms with Crippen LogP contribution in [0.25, 0.3) is 0 Å². The first-order chi connectivity index (χ1) is 4.38. The molecule has 0 bridgehead atoms. The molecule has 2 N–H and O–H groups in total. The van der Waals surface area contributed by atoms with Crippen LogP contribution >= 0.6 is 0 Å². The van der Waals surface area contributed by atoms with E-state index in [1.165, 1.54) is 12.8 Å². The van der Waals surface area contributed by atoms with E-state index in [4.69, 9.17) is 5.11 Å². The number of hydrogen-bond acceptors (Lipinski definition) is 2. The van der Waals surface area contributed by atoms with Crippen molar-refractivity contribution in [2.45, 2.75) is 25.8 Å². The van der Waals surface area contributed by atoms with Gasteiger partial charge in [-0.3, -0.25) is 0 Å². The highest BCUT2D eigenvalue weighted by Crippen LogP contribution is 2.16. The minimum Gasteiger partial charge on any atom is -0.396 e. The smallest absolute Gasteiger partial charge is 0.0486 e. The molecule has 9 heavy (non-hydrogen) atoms. The molecule has 1 fully saturated rings. The van der Waals surface area contributed by atoms with E-state index in [0.717, 1.165) is 6.54 Å². The van der Waals surface area contributed by atoms with Crippen LogP contribution in [0.4, 0.5) is 0 Å². The van der Waals surface area contributed by atoms with Crippen LogP contribution < -0.4 is 5.32 Å². The Morgan fingerprint density at radius 2 is 2.44 bits per heavy atom. The SMILES string of the molecule is CCCC1NCC1CO. The fourth-order valence-corrected chi connectivity index (χ4v) is 1.29. The molecule has 0 aromatic heterocycles. The highest BCUT2D eigenvalue weighted by molar-refractivity contribution is 4.86. The van der Waals surface area contributed by atoms with Crippen LogP contribution in [-0.2, 0) is 0 Å². The summed E-state index contributed by atoms with van der Waals surface area (Å²) in [5, 5.41) is 12.0. The standard InChI is InChI=1S/C7H15NO/c1-2-3-7-6(5-9)4-8-7/h6-9H,2-5H2,1H3. The molecule has 0 saturated carbocycles. The van der Waals surface area contributed by atoms with Gasteiger partial charge in [0.05, 0.1) is 0 Å². The molecular formula is C7H15NO. The molecule has 1 aliphatic rings. The maximum atomic E-state index is 8.74. The topological polar surface area (TPSA) is 32.3 Å². The number of nitrogens with one attached hydrogen (secondary N) is 1. The molecule has 2 heteroatoms. The molecule has 54 valence electrons. The van der Waals surface area contributed by atoms with E-state index in [0.29, 0.717) is 18.6 Å². The predicted molar refractivity (Wildman–Crippen MR) is 37.3 cm³/mol. The van der Waals surface area contributed by atoms with Crippen molar-refractivity contribution < 1.29 is 5.11 Å². The quantitative estimate of drug-likeness (QED) is 0.577. The fraction of sp³-hybridized carbons (Fsp3) is 1.00. The van der Waals surface area contributed by atoms with Crippen molar-refractivity contribution >= 4 is 0 Å². The Hall–Kier alpha value is -0.0800. The highest BCUT2D eigenvalue weighted by atomic mass is 16.3. The second-order valence-corrected chi connectivity index (χ2v) is 2.75. The summed E-state index contributed by atoms with van der Waals surface area (Å²) in [7, 11) is 0. The average Bonchev–Trinajstić information content (AvgIpc) is 1.82. The van der Waals surface area contributed by atoms with Crippen molar-refractivity contribution in [3.05, 3.63) is 0 Å². The van der Waals surface area contributed by atoms with Crippen LogP contribution in [-0.4, -0.2) is 24.3 Å². The Balaban J connectivity index is 2.11. The summed E-state index contributed by atoms with van der Waals surface area (Å²) in [5.74, 6) is 0.546. The molecule has 1 heterocycles. The first-order valence-electron chi connectivity index (χ1n) is 3.72. The van der Waals surface area contributed by atoms with Gasteiger partial charge < -0.3 is 10.4 Å². The van der Waals surface area contributed by atoms with Crippen LogP contribution in [0.3, 0.4) is 0 Å². The Bertz CT molecular complexity index is 83.0. The van der Waals surface area contributed by atoms with Gasteiger partial charge in [-0.1, -0.05) is 13.3 Å². The van der Waals surface area contributed by atoms with Crippen LogP contribution in [0.1, 0.15) is 19.8 Å². The van der Waals surface area contributed by atoms with E-state index in [1.807, 2.05) is 0 Å². The molecule has 2 atom stereocenters. The Labute approximate surface area is 56.3 Å². The van der Waals surface area contributed by atoms with Gasteiger partial charge in [0, 0.05) is 25.1 Å². The largest absolute Gasteiger partial charge is 0.396 e. The second kappa shape index (κ2) is 3.18. The van der Waals surface area contributed by atoms with Crippen LogP contribution in [0, 0.1) is 5.92 Å². The van der Waals surface area contributed by atoms with E-state index in [1.54, 1.807) is 0 Å². The van der Waals surface area contributed by atoms with Gasteiger partial charge in [0.25, 0.3) is 0 Å². The van der Waals surface area contributed by atoms with Crippen LogP contribution in [0.2, 0.25) is 0 Å². The van der Waals surface area contributed by atoms with Gasteiger partial charge in [-0.15, -0.1) is 0 Å². The van der Waals surface area contributed by atoms with Gasteiger partial charge in [-0.2, -0.15) is 0 Å². The lowest BCUT2D eigenvalue weighted by atomic mass is 9.89. The first kappa shape index (κ1) is 7.03.